The molecule has 166 valence electrons. The van der Waals surface area contributed by atoms with Gasteiger partial charge in [0.15, 0.2) is 11.5 Å². The first kappa shape index (κ1) is 21.9. The third-order valence-corrected chi connectivity index (χ3v) is 6.94. The summed E-state index contributed by atoms with van der Waals surface area (Å²) in [5, 5.41) is 25.0. The third kappa shape index (κ3) is 4.66. The number of ether oxygens (including phenoxy) is 1. The maximum Gasteiger partial charge on any atom is 0.238 e. The van der Waals surface area contributed by atoms with E-state index in [4.69, 9.17) is 16.3 Å². The molecule has 1 aliphatic heterocycles. The number of phenols is 1. The number of aliphatic hydroxyl groups is 1. The zero-order valence-corrected chi connectivity index (χ0v) is 18.4. The number of phenolic OH excluding ortho intramolecular Hbond substituents is 1. The van der Waals surface area contributed by atoms with Crippen molar-refractivity contribution < 1.29 is 19.7 Å². The van der Waals surface area contributed by atoms with Crippen LogP contribution in [0.4, 0.5) is 5.69 Å². The average molecular weight is 445 g/mol. The van der Waals surface area contributed by atoms with Crippen LogP contribution in [0.15, 0.2) is 42.5 Å². The maximum atomic E-state index is 12.8. The molecule has 6 nitrogen and oxygen atoms in total. The monoisotopic (exact) mass is 444 g/mol. The number of fused-ring (bicyclic) bond motifs is 1. The summed E-state index contributed by atoms with van der Waals surface area (Å²) in [5.74, 6) is 0.382. The molecule has 4 rings (SSSR count). The van der Waals surface area contributed by atoms with E-state index in [9.17, 15) is 15.0 Å². The van der Waals surface area contributed by atoms with Crippen LogP contribution in [0.25, 0.3) is 0 Å². The standard InChI is InChI=1S/C24H29ClN2O4/c1-31-21-14-16(5-10-20(21)28)23-19-4-2-3-11-24(19,30)12-13-27(23)15-22(29)26-18-8-6-17(25)7-9-18/h5-10,14,19,23,28,30H,2-4,11-13,15H2,1H3,(H,26,29)/t19?,23-,24?/m0/s1. The van der Waals surface area contributed by atoms with E-state index in [1.165, 1.54) is 7.11 Å². The molecule has 0 spiro atoms. The van der Waals surface area contributed by atoms with Crippen LogP contribution >= 0.6 is 11.6 Å². The zero-order valence-electron chi connectivity index (χ0n) is 17.7. The fourth-order valence-corrected chi connectivity index (χ4v) is 5.29. The molecule has 2 aliphatic rings. The van der Waals surface area contributed by atoms with Crippen molar-refractivity contribution in [1.82, 2.24) is 4.90 Å². The van der Waals surface area contributed by atoms with E-state index < -0.39 is 5.60 Å². The lowest BCUT2D eigenvalue weighted by Crippen LogP contribution is -2.56. The molecule has 2 fully saturated rings. The molecule has 0 bridgehead atoms. The van der Waals surface area contributed by atoms with Gasteiger partial charge in [0.25, 0.3) is 0 Å². The highest BCUT2D eigenvalue weighted by molar-refractivity contribution is 6.30. The molecule has 3 N–H and O–H groups in total. The minimum absolute atomic E-state index is 0.0209. The van der Waals surface area contributed by atoms with Crippen LogP contribution in [0.1, 0.15) is 43.7 Å². The van der Waals surface area contributed by atoms with Crippen LogP contribution in [0.2, 0.25) is 5.02 Å². The lowest BCUT2D eigenvalue weighted by atomic mass is 9.66. The minimum atomic E-state index is -0.725. The van der Waals surface area contributed by atoms with Crippen LogP contribution in [-0.2, 0) is 4.79 Å². The molecule has 3 atom stereocenters. The second-order valence-electron chi connectivity index (χ2n) is 8.61. The van der Waals surface area contributed by atoms with Gasteiger partial charge in [-0.05, 0) is 61.2 Å². The van der Waals surface area contributed by atoms with Gasteiger partial charge < -0.3 is 20.3 Å². The molecular formula is C24H29ClN2O4. The van der Waals surface area contributed by atoms with Crippen LogP contribution in [0, 0.1) is 5.92 Å². The lowest BCUT2D eigenvalue weighted by Gasteiger charge is -2.52. The SMILES string of the molecule is COc1cc([C@H]2C3CCCCC3(O)CCN2CC(=O)Nc2ccc(Cl)cc2)ccc1O. The molecule has 2 unspecified atom stereocenters. The summed E-state index contributed by atoms with van der Waals surface area (Å²) in [6.45, 7) is 0.831. The molecule has 1 aliphatic carbocycles. The first-order valence-electron chi connectivity index (χ1n) is 10.8. The quantitative estimate of drug-likeness (QED) is 0.638. The van der Waals surface area contributed by atoms with Crippen molar-refractivity contribution in [3.05, 3.63) is 53.1 Å². The largest absolute Gasteiger partial charge is 0.504 e. The zero-order chi connectivity index (χ0) is 22.0. The molecule has 31 heavy (non-hydrogen) atoms. The highest BCUT2D eigenvalue weighted by atomic mass is 35.5. The van der Waals surface area contributed by atoms with Crippen molar-refractivity contribution in [2.45, 2.75) is 43.7 Å². The highest BCUT2D eigenvalue weighted by Crippen LogP contribution is 2.50. The van der Waals surface area contributed by atoms with Crippen molar-refractivity contribution in [3.8, 4) is 11.5 Å². The topological polar surface area (TPSA) is 82.0 Å². The Kier molecular flexibility index (Phi) is 6.42. The molecule has 1 amide bonds. The minimum Gasteiger partial charge on any atom is -0.504 e. The summed E-state index contributed by atoms with van der Waals surface area (Å²) in [4.78, 5) is 15.0. The van der Waals surface area contributed by atoms with Gasteiger partial charge in [-0.2, -0.15) is 0 Å². The van der Waals surface area contributed by atoms with Gasteiger partial charge in [-0.15, -0.1) is 0 Å². The Balaban J connectivity index is 1.60. The summed E-state index contributed by atoms with van der Waals surface area (Å²) in [5.41, 5.74) is 0.916. The number of nitrogens with one attached hydrogen (secondary N) is 1. The predicted octanol–water partition coefficient (Wildman–Crippen LogP) is 4.36. The van der Waals surface area contributed by atoms with Gasteiger partial charge in [0, 0.05) is 29.2 Å². The number of methoxy groups -OCH3 is 1. The van der Waals surface area contributed by atoms with E-state index in [0.717, 1.165) is 31.2 Å². The number of rotatable bonds is 5. The van der Waals surface area contributed by atoms with Crippen LogP contribution in [0.5, 0.6) is 11.5 Å². The normalized spacial score (nSPS) is 26.2. The molecule has 7 heteroatoms. The Hall–Kier alpha value is -2.28. The summed E-state index contributed by atoms with van der Waals surface area (Å²) < 4.78 is 5.32. The van der Waals surface area contributed by atoms with Gasteiger partial charge in [-0.3, -0.25) is 9.69 Å². The second-order valence-corrected chi connectivity index (χ2v) is 9.04. The number of carbonyl (C=O) groups excluding carboxylic acids is 1. The van der Waals surface area contributed by atoms with Crippen molar-refractivity contribution in [1.29, 1.82) is 0 Å². The highest BCUT2D eigenvalue weighted by Gasteiger charge is 2.49. The Morgan fingerprint density at radius 2 is 2.00 bits per heavy atom. The van der Waals surface area contributed by atoms with E-state index in [2.05, 4.69) is 10.2 Å². The van der Waals surface area contributed by atoms with E-state index in [-0.39, 0.29) is 30.2 Å². The fourth-order valence-electron chi connectivity index (χ4n) is 5.16. The van der Waals surface area contributed by atoms with Gasteiger partial charge in [-0.25, -0.2) is 0 Å². The van der Waals surface area contributed by atoms with Gasteiger partial charge in [0.05, 0.1) is 19.3 Å². The number of hydrogen-bond acceptors (Lipinski definition) is 5. The lowest BCUT2D eigenvalue weighted by molar-refractivity contribution is -0.135. The average Bonchev–Trinajstić information content (AvgIpc) is 2.76. The Labute approximate surface area is 187 Å². The summed E-state index contributed by atoms with van der Waals surface area (Å²) in [7, 11) is 1.52. The predicted molar refractivity (Wildman–Crippen MR) is 121 cm³/mol. The van der Waals surface area contributed by atoms with Crippen molar-refractivity contribution in [2.75, 3.05) is 25.5 Å². The Morgan fingerprint density at radius 3 is 2.74 bits per heavy atom. The number of aromatic hydroxyl groups is 1. The number of piperidine rings is 1. The van der Waals surface area contributed by atoms with Crippen molar-refractivity contribution in [3.63, 3.8) is 0 Å². The maximum absolute atomic E-state index is 12.8. The van der Waals surface area contributed by atoms with Gasteiger partial charge in [0.1, 0.15) is 0 Å². The number of carbonyl (C=O) groups is 1. The van der Waals surface area contributed by atoms with E-state index in [0.29, 0.717) is 29.4 Å². The number of benzene rings is 2. The number of halogens is 1. The number of anilines is 1. The number of hydrogen-bond donors (Lipinski definition) is 3. The molecule has 1 saturated heterocycles. The third-order valence-electron chi connectivity index (χ3n) is 6.69. The fraction of sp³-hybridized carbons (Fsp3) is 0.458. The summed E-state index contributed by atoms with van der Waals surface area (Å²) in [6, 6.07) is 12.2. The van der Waals surface area contributed by atoms with E-state index in [1.54, 1.807) is 30.3 Å². The molecule has 1 saturated carbocycles. The van der Waals surface area contributed by atoms with Gasteiger partial charge in [0.2, 0.25) is 5.91 Å². The Bertz CT molecular complexity index is 936. The summed E-state index contributed by atoms with van der Waals surface area (Å²) in [6.07, 6.45) is 4.42. The number of amides is 1. The summed E-state index contributed by atoms with van der Waals surface area (Å²) >= 11 is 5.93. The molecule has 0 aromatic heterocycles. The van der Waals surface area contributed by atoms with Crippen molar-refractivity contribution >= 4 is 23.2 Å². The first-order valence-corrected chi connectivity index (χ1v) is 11.2. The van der Waals surface area contributed by atoms with Crippen LogP contribution < -0.4 is 10.1 Å². The van der Waals surface area contributed by atoms with Gasteiger partial charge in [-0.1, -0.05) is 30.5 Å². The Morgan fingerprint density at radius 1 is 1.23 bits per heavy atom. The van der Waals surface area contributed by atoms with E-state index in [1.807, 2.05) is 12.1 Å². The van der Waals surface area contributed by atoms with E-state index >= 15 is 0 Å². The molecule has 0 radical (unpaired) electrons. The van der Waals surface area contributed by atoms with Crippen LogP contribution in [0.3, 0.4) is 0 Å². The number of likely N-dealkylation sites (tertiary alicyclic amines) is 1. The molecule has 1 heterocycles. The molecule has 2 aromatic carbocycles. The molecule has 2 aromatic rings. The molecular weight excluding hydrogens is 416 g/mol. The van der Waals surface area contributed by atoms with Crippen molar-refractivity contribution in [2.24, 2.45) is 5.92 Å². The number of nitrogens with zero attached hydrogens (tertiary/aromatic N) is 1. The second kappa shape index (κ2) is 9.07. The van der Waals surface area contributed by atoms with Crippen LogP contribution in [-0.4, -0.2) is 46.8 Å². The first-order chi connectivity index (χ1) is 14.9. The smallest absolute Gasteiger partial charge is 0.238 e. The van der Waals surface area contributed by atoms with Gasteiger partial charge >= 0.3 is 0 Å².